The van der Waals surface area contributed by atoms with Gasteiger partial charge in [-0.25, -0.2) is 0 Å². The van der Waals surface area contributed by atoms with Crippen LogP contribution in [0.2, 0.25) is 0 Å². The summed E-state index contributed by atoms with van der Waals surface area (Å²) in [4.78, 5) is 135. The lowest BCUT2D eigenvalue weighted by Gasteiger charge is -2.25. The number of carbonyl (C=O) groups is 11. The predicted molar refractivity (Wildman–Crippen MR) is 244 cm³/mol. The first-order valence-corrected chi connectivity index (χ1v) is 23.5. The molecule has 370 valence electrons. The predicted octanol–water partition coefficient (Wildman–Crippen LogP) is -2.19. The number of alkyl halides is 4. The molecule has 0 unspecified atom stereocenters. The number of halogens is 4. The summed E-state index contributed by atoms with van der Waals surface area (Å²) in [5.41, 5.74) is 5.66. The van der Waals surface area contributed by atoms with Crippen molar-refractivity contribution >= 4 is 112 Å². The van der Waals surface area contributed by atoms with E-state index >= 15 is 0 Å². The lowest BCUT2D eigenvalue weighted by Crippen LogP contribution is -2.57. The van der Waals surface area contributed by atoms with E-state index in [4.69, 9.17) is 52.1 Å². The fraction of sp³-hybridized carbons (Fsp3) is 0.718. The SMILES string of the molecule is NCCCC[C@H](NC(=O)[C@H](CCCCNC(=O)[C@H](CCCCNC(=O)CCl)NC(=O)CCl)NC(=O)[C@H](CCCCNC(=O)CCl)NC(=O)CCl)C(=O)NCC(=O)NCCCNC(=O)C=O. The molecule has 12 N–H and O–H groups in total. The molecule has 0 spiro atoms. The molecule has 26 heteroatoms. The zero-order chi connectivity index (χ0) is 48.8. The number of aldehydes is 1. The van der Waals surface area contributed by atoms with Crippen molar-refractivity contribution in [2.45, 2.75) is 108 Å². The molecule has 0 rings (SSSR count). The number of nitrogens with two attached hydrogens (primary N) is 1. The molecule has 0 saturated carbocycles. The number of amides is 10. The van der Waals surface area contributed by atoms with Crippen molar-refractivity contribution in [2.24, 2.45) is 5.73 Å². The van der Waals surface area contributed by atoms with Crippen LogP contribution in [0.5, 0.6) is 0 Å². The first-order chi connectivity index (χ1) is 31.1. The topological polar surface area (TPSA) is 334 Å². The van der Waals surface area contributed by atoms with E-state index in [1.54, 1.807) is 0 Å². The maximum atomic E-state index is 14.0. The molecule has 0 fully saturated rings. The Bertz CT molecular complexity index is 1530. The second-order valence-corrected chi connectivity index (χ2v) is 15.6. The van der Waals surface area contributed by atoms with E-state index in [2.05, 4.69) is 53.2 Å². The Morgan fingerprint density at radius 1 is 0.385 bits per heavy atom. The van der Waals surface area contributed by atoms with Gasteiger partial charge in [-0.2, -0.15) is 0 Å². The molecule has 0 radical (unpaired) electrons. The second kappa shape index (κ2) is 38.7. The van der Waals surface area contributed by atoms with Crippen LogP contribution < -0.4 is 58.9 Å². The molecular formula is C39H65Cl4N11O11. The van der Waals surface area contributed by atoms with Crippen molar-refractivity contribution in [1.29, 1.82) is 0 Å². The van der Waals surface area contributed by atoms with E-state index < -0.39 is 83.8 Å². The molecule has 0 saturated heterocycles. The quantitative estimate of drug-likeness (QED) is 0.0136. The van der Waals surface area contributed by atoms with Gasteiger partial charge in [0.25, 0.3) is 5.91 Å². The van der Waals surface area contributed by atoms with E-state index in [-0.39, 0.29) is 94.0 Å². The van der Waals surface area contributed by atoms with Crippen molar-refractivity contribution in [1.82, 2.24) is 53.2 Å². The minimum Gasteiger partial charge on any atom is -0.355 e. The third kappa shape index (κ3) is 31.1. The van der Waals surface area contributed by atoms with Gasteiger partial charge in [0.05, 0.1) is 6.54 Å². The molecular weight excluding hydrogens is 940 g/mol. The maximum absolute atomic E-state index is 14.0. The summed E-state index contributed by atoms with van der Waals surface area (Å²) in [6.45, 7) is 0.816. The normalized spacial score (nSPS) is 12.4. The van der Waals surface area contributed by atoms with Gasteiger partial charge in [0, 0.05) is 32.7 Å². The fourth-order valence-electron chi connectivity index (χ4n) is 5.81. The fourth-order valence-corrected chi connectivity index (χ4v) is 6.15. The summed E-state index contributed by atoms with van der Waals surface area (Å²) in [7, 11) is 0. The van der Waals surface area contributed by atoms with Crippen LogP contribution in [-0.2, 0) is 52.7 Å². The smallest absolute Gasteiger partial charge is 0.284 e. The lowest BCUT2D eigenvalue weighted by molar-refractivity contribution is -0.134. The van der Waals surface area contributed by atoms with Crippen LogP contribution in [0.1, 0.15) is 83.5 Å². The first kappa shape index (κ1) is 60.5. The summed E-state index contributed by atoms with van der Waals surface area (Å²) < 4.78 is 0. The van der Waals surface area contributed by atoms with Crippen LogP contribution in [-0.4, -0.2) is 159 Å². The van der Waals surface area contributed by atoms with Gasteiger partial charge < -0.3 is 58.9 Å². The van der Waals surface area contributed by atoms with Gasteiger partial charge in [0.15, 0.2) is 0 Å². The molecule has 22 nitrogen and oxygen atoms in total. The van der Waals surface area contributed by atoms with Gasteiger partial charge >= 0.3 is 0 Å². The molecule has 0 aromatic heterocycles. The van der Waals surface area contributed by atoms with Crippen molar-refractivity contribution in [3.8, 4) is 0 Å². The molecule has 0 aromatic rings. The summed E-state index contributed by atoms with van der Waals surface area (Å²) in [6, 6.07) is -4.48. The van der Waals surface area contributed by atoms with Crippen LogP contribution in [0.15, 0.2) is 0 Å². The van der Waals surface area contributed by atoms with Gasteiger partial charge in [-0.15, -0.1) is 46.4 Å². The number of hydrogen-bond acceptors (Lipinski definition) is 12. The first-order valence-electron chi connectivity index (χ1n) is 21.4. The molecule has 65 heavy (non-hydrogen) atoms. The molecule has 0 aliphatic rings. The highest BCUT2D eigenvalue weighted by molar-refractivity contribution is 6.28. The highest BCUT2D eigenvalue weighted by Gasteiger charge is 2.30. The number of carbonyl (C=O) groups excluding carboxylic acids is 11. The standard InChI is InChI=1S/C39H65Cl4N11O11/c40-20-30(56)45-15-6-2-11-26(51-32(58)22-42)36(62)49-17-8-4-13-29(54-38(64)28(52-33(59)23-43)12-3-7-16-46-31(57)21-41)39(65)53-27(10-1-5-14-44)37(63)50-24-34(60)47-18-9-19-48-35(61)25-55/h25-29H,1-24,44H2,(H,45,56)(H,46,57)(H,47,60)(H,48,61)(H,49,62)(H,50,63)(H,51,58)(H,52,59)(H,53,65)(H,54,64)/t26-,27-,28-,29-/m0/s1. The van der Waals surface area contributed by atoms with Crippen LogP contribution in [0.4, 0.5) is 0 Å². The number of rotatable bonds is 38. The number of unbranched alkanes of at least 4 members (excludes halogenated alkanes) is 4. The largest absolute Gasteiger partial charge is 0.355 e. The lowest BCUT2D eigenvalue weighted by atomic mass is 10.0. The van der Waals surface area contributed by atoms with Crippen molar-refractivity contribution in [3.63, 3.8) is 0 Å². The van der Waals surface area contributed by atoms with E-state index in [0.717, 1.165) is 0 Å². The molecule has 0 heterocycles. The Morgan fingerprint density at radius 3 is 1.18 bits per heavy atom. The van der Waals surface area contributed by atoms with E-state index in [1.807, 2.05) is 0 Å². The highest BCUT2D eigenvalue weighted by atomic mass is 35.5. The van der Waals surface area contributed by atoms with Gasteiger partial charge in [-0.1, -0.05) is 0 Å². The average Bonchev–Trinajstić information content (AvgIpc) is 3.30. The zero-order valence-corrected chi connectivity index (χ0v) is 39.5. The Hall–Kier alpha value is -4.51. The van der Waals surface area contributed by atoms with E-state index in [9.17, 15) is 52.7 Å². The molecule has 4 atom stereocenters. The Morgan fingerprint density at radius 2 is 0.738 bits per heavy atom. The summed E-state index contributed by atoms with van der Waals surface area (Å²) in [6.07, 6.45) is 4.17. The van der Waals surface area contributed by atoms with Gasteiger partial charge in [0.2, 0.25) is 59.5 Å². The van der Waals surface area contributed by atoms with Crippen molar-refractivity contribution < 1.29 is 52.7 Å². The summed E-state index contributed by atoms with van der Waals surface area (Å²) >= 11 is 22.4. The minimum absolute atomic E-state index is 0.00135. The third-order valence-corrected chi connectivity index (χ3v) is 10.2. The van der Waals surface area contributed by atoms with Crippen molar-refractivity contribution in [3.05, 3.63) is 0 Å². The van der Waals surface area contributed by atoms with E-state index in [1.165, 1.54) is 0 Å². The highest BCUT2D eigenvalue weighted by Crippen LogP contribution is 2.09. The summed E-state index contributed by atoms with van der Waals surface area (Å²) in [5.74, 6) is -7.17. The summed E-state index contributed by atoms with van der Waals surface area (Å²) in [5, 5.41) is 25.8. The number of hydrogen-bond donors (Lipinski definition) is 11. The van der Waals surface area contributed by atoms with Gasteiger partial charge in [-0.3, -0.25) is 52.7 Å². The molecule has 0 bridgehead atoms. The third-order valence-electron chi connectivity index (χ3n) is 9.21. The monoisotopic (exact) mass is 1000 g/mol. The van der Waals surface area contributed by atoms with Crippen LogP contribution in [0.3, 0.4) is 0 Å². The zero-order valence-electron chi connectivity index (χ0n) is 36.4. The molecule has 0 aliphatic heterocycles. The van der Waals surface area contributed by atoms with Gasteiger partial charge in [-0.05, 0) is 90.0 Å². The Balaban J connectivity index is 5.99. The average molecular weight is 1010 g/mol. The van der Waals surface area contributed by atoms with Crippen LogP contribution in [0.25, 0.3) is 0 Å². The number of nitrogens with one attached hydrogen (secondary N) is 10. The van der Waals surface area contributed by atoms with Crippen LogP contribution >= 0.6 is 46.4 Å². The van der Waals surface area contributed by atoms with E-state index in [0.29, 0.717) is 64.5 Å². The molecule has 10 amide bonds. The van der Waals surface area contributed by atoms with Crippen molar-refractivity contribution in [2.75, 3.05) is 69.3 Å². The molecule has 0 aliphatic carbocycles. The van der Waals surface area contributed by atoms with Gasteiger partial charge in [0.1, 0.15) is 47.7 Å². The maximum Gasteiger partial charge on any atom is 0.284 e. The Labute approximate surface area is 398 Å². The Kier molecular flexibility index (Phi) is 36.0. The minimum atomic E-state index is -1.26. The second-order valence-electron chi connectivity index (χ2n) is 14.5. The van der Waals surface area contributed by atoms with Crippen LogP contribution in [0, 0.1) is 0 Å². The molecule has 0 aromatic carbocycles.